The van der Waals surface area contributed by atoms with E-state index in [1.807, 2.05) is 0 Å². The van der Waals surface area contributed by atoms with Crippen molar-refractivity contribution in [2.75, 3.05) is 19.9 Å². The van der Waals surface area contributed by atoms with Gasteiger partial charge in [0.1, 0.15) is 24.0 Å². The van der Waals surface area contributed by atoms with E-state index in [0.29, 0.717) is 17.2 Å². The first kappa shape index (κ1) is 17.5. The predicted octanol–water partition coefficient (Wildman–Crippen LogP) is 1.49. The van der Waals surface area contributed by atoms with Crippen molar-refractivity contribution >= 4 is 11.6 Å². The number of para-hydroxylation sites is 1. The van der Waals surface area contributed by atoms with Crippen LogP contribution in [-0.2, 0) is 0 Å². The summed E-state index contributed by atoms with van der Waals surface area (Å²) in [6.45, 7) is -0.0364. The minimum atomic E-state index is -0.993. The van der Waals surface area contributed by atoms with E-state index in [4.69, 9.17) is 14.2 Å². The summed E-state index contributed by atoms with van der Waals surface area (Å²) in [5.74, 6) is 1.02. The van der Waals surface area contributed by atoms with Gasteiger partial charge in [-0.3, -0.25) is 14.9 Å². The number of nitro groups is 1. The van der Waals surface area contributed by atoms with E-state index in [1.54, 1.807) is 18.2 Å². The molecule has 0 unspecified atom stereocenters. The molecule has 0 aromatic heterocycles. The Kier molecular flexibility index (Phi) is 5.18. The van der Waals surface area contributed by atoms with Crippen LogP contribution in [0.5, 0.6) is 17.2 Å². The lowest BCUT2D eigenvalue weighted by Crippen LogP contribution is -2.35. The molecule has 1 atom stereocenters. The lowest BCUT2D eigenvalue weighted by Gasteiger charge is -2.13. The van der Waals surface area contributed by atoms with Crippen LogP contribution in [0.1, 0.15) is 10.4 Å². The lowest BCUT2D eigenvalue weighted by molar-refractivity contribution is -0.385. The number of rotatable bonds is 7. The fourth-order valence-electron chi connectivity index (χ4n) is 2.35. The molecule has 2 aromatic rings. The number of hydrogen-bond donors (Lipinski definition) is 2. The van der Waals surface area contributed by atoms with Crippen LogP contribution in [0.4, 0.5) is 5.69 Å². The predicted molar refractivity (Wildman–Crippen MR) is 89.5 cm³/mol. The van der Waals surface area contributed by atoms with E-state index in [1.165, 1.54) is 24.3 Å². The van der Waals surface area contributed by atoms with E-state index < -0.39 is 16.9 Å². The molecule has 1 amide bonds. The molecular formula is C17H16N2O7. The summed E-state index contributed by atoms with van der Waals surface area (Å²) in [6, 6.07) is 10.6. The van der Waals surface area contributed by atoms with Gasteiger partial charge in [-0.1, -0.05) is 12.1 Å². The molecule has 9 nitrogen and oxygen atoms in total. The number of nitrogens with zero attached hydrogens (tertiary/aromatic N) is 1. The van der Waals surface area contributed by atoms with Gasteiger partial charge in [0.05, 0.1) is 4.92 Å². The van der Waals surface area contributed by atoms with Gasteiger partial charge in [0.2, 0.25) is 6.79 Å². The maximum atomic E-state index is 12.1. The zero-order valence-electron chi connectivity index (χ0n) is 13.6. The molecule has 1 aliphatic heterocycles. The number of nitro benzene ring substituents is 1. The second-order valence-electron chi connectivity index (χ2n) is 5.46. The molecule has 0 aliphatic carbocycles. The van der Waals surface area contributed by atoms with Gasteiger partial charge >= 0.3 is 0 Å². The summed E-state index contributed by atoms with van der Waals surface area (Å²) in [7, 11) is 0. The number of hydrogen-bond acceptors (Lipinski definition) is 7. The zero-order valence-corrected chi connectivity index (χ0v) is 13.6. The Labute approximate surface area is 148 Å². The third-order valence-corrected chi connectivity index (χ3v) is 3.63. The van der Waals surface area contributed by atoms with E-state index in [0.717, 1.165) is 0 Å². The molecule has 0 fully saturated rings. The van der Waals surface area contributed by atoms with E-state index >= 15 is 0 Å². The Morgan fingerprint density at radius 2 is 2.04 bits per heavy atom. The smallest absolute Gasteiger partial charge is 0.282 e. The minimum absolute atomic E-state index is 0.0682. The Morgan fingerprint density at radius 1 is 1.27 bits per heavy atom. The molecular weight excluding hydrogens is 344 g/mol. The van der Waals surface area contributed by atoms with Crippen molar-refractivity contribution in [3.8, 4) is 17.2 Å². The summed E-state index contributed by atoms with van der Waals surface area (Å²) >= 11 is 0. The molecule has 9 heteroatoms. The Balaban J connectivity index is 1.50. The van der Waals surface area contributed by atoms with Crippen LogP contribution in [-0.4, -0.2) is 42.0 Å². The van der Waals surface area contributed by atoms with Crippen LogP contribution in [0.25, 0.3) is 0 Å². The van der Waals surface area contributed by atoms with Gasteiger partial charge in [-0.25, -0.2) is 0 Å². The molecule has 136 valence electrons. The largest absolute Gasteiger partial charge is 0.491 e. The Hall–Kier alpha value is -3.33. The quantitative estimate of drug-likeness (QED) is 0.567. The summed E-state index contributed by atoms with van der Waals surface area (Å²) in [6.07, 6.45) is -0.993. The molecule has 0 radical (unpaired) electrons. The molecule has 0 saturated carbocycles. The van der Waals surface area contributed by atoms with Crippen molar-refractivity contribution in [1.82, 2.24) is 5.32 Å². The highest BCUT2D eigenvalue weighted by atomic mass is 16.7. The second-order valence-corrected chi connectivity index (χ2v) is 5.46. The van der Waals surface area contributed by atoms with Crippen LogP contribution in [0, 0.1) is 10.1 Å². The minimum Gasteiger partial charge on any atom is -0.491 e. The van der Waals surface area contributed by atoms with Crippen molar-refractivity contribution in [3.63, 3.8) is 0 Å². The first-order chi connectivity index (χ1) is 12.5. The van der Waals surface area contributed by atoms with Gasteiger partial charge in [0.15, 0.2) is 11.5 Å². The van der Waals surface area contributed by atoms with Crippen molar-refractivity contribution in [2.24, 2.45) is 0 Å². The summed E-state index contributed by atoms with van der Waals surface area (Å²) in [4.78, 5) is 22.4. The maximum absolute atomic E-state index is 12.1. The number of carbonyl (C=O) groups is 1. The molecule has 1 heterocycles. The first-order valence-electron chi connectivity index (χ1n) is 7.76. The number of ether oxygens (including phenoxy) is 3. The van der Waals surface area contributed by atoms with Gasteiger partial charge in [-0.05, 0) is 18.2 Å². The summed E-state index contributed by atoms with van der Waals surface area (Å²) in [5, 5.41) is 23.3. The highest BCUT2D eigenvalue weighted by molar-refractivity contribution is 5.98. The summed E-state index contributed by atoms with van der Waals surface area (Å²) < 4.78 is 15.9. The maximum Gasteiger partial charge on any atom is 0.282 e. The summed E-state index contributed by atoms with van der Waals surface area (Å²) in [5.41, 5.74) is -0.363. The second kappa shape index (κ2) is 7.70. The van der Waals surface area contributed by atoms with E-state index in [-0.39, 0.29) is 31.2 Å². The van der Waals surface area contributed by atoms with Crippen LogP contribution < -0.4 is 19.5 Å². The van der Waals surface area contributed by atoms with Crippen molar-refractivity contribution in [2.45, 2.75) is 6.10 Å². The number of carbonyl (C=O) groups excluding carboxylic acids is 1. The topological polar surface area (TPSA) is 120 Å². The zero-order chi connectivity index (χ0) is 18.5. The van der Waals surface area contributed by atoms with Crippen LogP contribution in [0.3, 0.4) is 0 Å². The Bertz CT molecular complexity index is 825. The average Bonchev–Trinajstić information content (AvgIpc) is 3.12. The van der Waals surface area contributed by atoms with Crippen LogP contribution >= 0.6 is 0 Å². The molecule has 2 aromatic carbocycles. The monoisotopic (exact) mass is 360 g/mol. The lowest BCUT2D eigenvalue weighted by atomic mass is 10.1. The van der Waals surface area contributed by atoms with Gasteiger partial charge in [-0.2, -0.15) is 0 Å². The Morgan fingerprint density at radius 3 is 2.85 bits per heavy atom. The van der Waals surface area contributed by atoms with E-state index in [2.05, 4.69) is 5.32 Å². The first-order valence-corrected chi connectivity index (χ1v) is 7.76. The van der Waals surface area contributed by atoms with Gasteiger partial charge in [0, 0.05) is 18.7 Å². The fourth-order valence-corrected chi connectivity index (χ4v) is 2.35. The highest BCUT2D eigenvalue weighted by Crippen LogP contribution is 2.35. The molecule has 0 bridgehead atoms. The van der Waals surface area contributed by atoms with Gasteiger partial charge < -0.3 is 24.6 Å². The van der Waals surface area contributed by atoms with Gasteiger partial charge in [-0.15, -0.1) is 0 Å². The third-order valence-electron chi connectivity index (χ3n) is 3.63. The SMILES string of the molecule is O=C(NC[C@H](O)COc1ccc2c(c1)OCO2)c1ccccc1[N+](=O)[O-]. The number of amides is 1. The molecule has 3 rings (SSSR count). The standard InChI is InChI=1S/C17H16N2O7/c20-11(9-24-12-5-6-15-16(7-12)26-10-25-15)8-18-17(21)13-3-1-2-4-14(13)19(22)23/h1-7,11,20H,8-10H2,(H,18,21)/t11-/m0/s1. The molecule has 2 N–H and O–H groups in total. The number of aliphatic hydroxyl groups excluding tert-OH is 1. The highest BCUT2D eigenvalue weighted by Gasteiger charge is 2.20. The number of aliphatic hydroxyl groups is 1. The van der Waals surface area contributed by atoms with Crippen LogP contribution in [0.2, 0.25) is 0 Å². The molecule has 1 aliphatic rings. The van der Waals surface area contributed by atoms with Crippen molar-refractivity contribution < 1.29 is 29.0 Å². The number of fused-ring (bicyclic) bond motifs is 1. The number of benzene rings is 2. The third kappa shape index (κ3) is 4.01. The fraction of sp³-hybridized carbons (Fsp3) is 0.235. The molecule has 0 spiro atoms. The van der Waals surface area contributed by atoms with Crippen LogP contribution in [0.15, 0.2) is 42.5 Å². The molecule has 26 heavy (non-hydrogen) atoms. The van der Waals surface area contributed by atoms with Crippen molar-refractivity contribution in [3.05, 3.63) is 58.1 Å². The van der Waals surface area contributed by atoms with Crippen molar-refractivity contribution in [1.29, 1.82) is 0 Å². The molecule has 0 saturated heterocycles. The van der Waals surface area contributed by atoms with E-state index in [9.17, 15) is 20.0 Å². The normalized spacial score (nSPS) is 13.1. The van der Waals surface area contributed by atoms with Gasteiger partial charge in [0.25, 0.3) is 11.6 Å². The average molecular weight is 360 g/mol. The number of nitrogens with one attached hydrogen (secondary N) is 1.